The van der Waals surface area contributed by atoms with Gasteiger partial charge < -0.3 is 0 Å². The molecule has 1 unspecified atom stereocenters. The van der Waals surface area contributed by atoms with Crippen molar-refractivity contribution in [1.82, 2.24) is 14.9 Å². The largest absolute Gasteiger partial charge is 0.299 e. The van der Waals surface area contributed by atoms with E-state index in [1.807, 2.05) is 0 Å². The Labute approximate surface area is 175 Å². The molecule has 0 saturated carbocycles. The van der Waals surface area contributed by atoms with E-state index in [9.17, 15) is 17.6 Å². The summed E-state index contributed by atoms with van der Waals surface area (Å²) in [4.78, 5) is 12.4. The number of aromatic nitrogens is 2. The number of amides is 1. The summed E-state index contributed by atoms with van der Waals surface area (Å²) in [6, 6.07) is 13.0. The molecule has 0 aliphatic carbocycles. The average molecular weight is 453 g/mol. The third-order valence-electron chi connectivity index (χ3n) is 3.69. The Balaban J connectivity index is 1.54. The van der Waals surface area contributed by atoms with Gasteiger partial charge in [-0.2, -0.15) is 4.72 Å². The van der Waals surface area contributed by atoms with Gasteiger partial charge in [-0.05, 0) is 36.8 Å². The molecule has 0 spiro atoms. The van der Waals surface area contributed by atoms with Crippen LogP contribution in [0.3, 0.4) is 0 Å². The molecule has 1 amide bonds. The van der Waals surface area contributed by atoms with E-state index >= 15 is 0 Å². The summed E-state index contributed by atoms with van der Waals surface area (Å²) in [6.45, 7) is 1.45. The molecule has 7 nitrogen and oxygen atoms in total. The second-order valence-electron chi connectivity index (χ2n) is 5.93. The molecule has 1 heterocycles. The van der Waals surface area contributed by atoms with E-state index in [4.69, 9.17) is 0 Å². The van der Waals surface area contributed by atoms with Gasteiger partial charge in [0.15, 0.2) is 4.34 Å². The monoisotopic (exact) mass is 452 g/mol. The fourth-order valence-corrected chi connectivity index (χ4v) is 5.15. The second kappa shape index (κ2) is 9.44. The van der Waals surface area contributed by atoms with Crippen LogP contribution in [0.2, 0.25) is 0 Å². The molecule has 2 aromatic carbocycles. The molecule has 152 valence electrons. The highest BCUT2D eigenvalue weighted by molar-refractivity contribution is 8.00. The first-order valence-corrected chi connectivity index (χ1v) is 11.7. The number of rotatable bonds is 8. The highest BCUT2D eigenvalue weighted by Gasteiger charge is 2.22. The van der Waals surface area contributed by atoms with Crippen LogP contribution in [0, 0.1) is 5.82 Å². The second-order valence-corrected chi connectivity index (χ2v) is 9.85. The first-order chi connectivity index (χ1) is 13.8. The van der Waals surface area contributed by atoms with E-state index in [1.165, 1.54) is 54.3 Å². The van der Waals surface area contributed by atoms with Gasteiger partial charge in [0.25, 0.3) is 0 Å². The van der Waals surface area contributed by atoms with E-state index < -0.39 is 22.0 Å². The van der Waals surface area contributed by atoms with Gasteiger partial charge in [-0.15, -0.1) is 10.2 Å². The maximum absolute atomic E-state index is 12.9. The SMILES string of the molecule is CC(NS(=O)(=O)c1ccccc1)C(=O)Nc1nnc(SCc2ccc(F)cc2)s1. The molecule has 3 rings (SSSR count). The van der Waals surface area contributed by atoms with Crippen molar-refractivity contribution in [2.45, 2.75) is 28.0 Å². The van der Waals surface area contributed by atoms with Crippen molar-refractivity contribution in [2.24, 2.45) is 0 Å². The van der Waals surface area contributed by atoms with Crippen LogP contribution in [0.4, 0.5) is 9.52 Å². The number of hydrogen-bond acceptors (Lipinski definition) is 7. The van der Waals surface area contributed by atoms with Crippen molar-refractivity contribution in [3.8, 4) is 0 Å². The number of carbonyl (C=O) groups excluding carboxylic acids is 1. The van der Waals surface area contributed by atoms with Gasteiger partial charge in [0.2, 0.25) is 21.1 Å². The maximum Gasteiger partial charge on any atom is 0.244 e. The minimum Gasteiger partial charge on any atom is -0.299 e. The van der Waals surface area contributed by atoms with Crippen molar-refractivity contribution in [3.05, 3.63) is 66.0 Å². The molecule has 3 aromatic rings. The van der Waals surface area contributed by atoms with Gasteiger partial charge in [0, 0.05) is 5.75 Å². The van der Waals surface area contributed by atoms with Crippen LogP contribution in [0.5, 0.6) is 0 Å². The quantitative estimate of drug-likeness (QED) is 0.402. The molecular weight excluding hydrogens is 435 g/mol. The molecule has 0 bridgehead atoms. The summed E-state index contributed by atoms with van der Waals surface area (Å²) in [7, 11) is -3.81. The topological polar surface area (TPSA) is 101 Å². The molecule has 2 N–H and O–H groups in total. The molecule has 29 heavy (non-hydrogen) atoms. The first-order valence-electron chi connectivity index (χ1n) is 8.42. The summed E-state index contributed by atoms with van der Waals surface area (Å²) in [5.74, 6) is -0.261. The zero-order valence-corrected chi connectivity index (χ0v) is 17.7. The minimum absolute atomic E-state index is 0.0787. The Kier molecular flexibility index (Phi) is 6.96. The normalized spacial score (nSPS) is 12.5. The number of benzene rings is 2. The highest BCUT2D eigenvalue weighted by atomic mass is 32.2. The van der Waals surface area contributed by atoms with E-state index in [2.05, 4.69) is 20.2 Å². The lowest BCUT2D eigenvalue weighted by molar-refractivity contribution is -0.117. The Bertz CT molecular complexity index is 1070. The van der Waals surface area contributed by atoms with E-state index in [0.717, 1.165) is 5.56 Å². The fraction of sp³-hybridized carbons (Fsp3) is 0.167. The standard InChI is InChI=1S/C18H17FN4O3S3/c1-12(23-29(25,26)15-5-3-2-4-6-15)16(24)20-17-21-22-18(28-17)27-11-13-7-9-14(19)10-8-13/h2-10,12,23H,11H2,1H3,(H,20,21,24). The molecule has 0 aliphatic heterocycles. The van der Waals surface area contributed by atoms with Gasteiger partial charge in [-0.1, -0.05) is 53.4 Å². The highest BCUT2D eigenvalue weighted by Crippen LogP contribution is 2.28. The van der Waals surface area contributed by atoms with Crippen LogP contribution in [0.25, 0.3) is 0 Å². The first kappa shape index (κ1) is 21.4. The van der Waals surface area contributed by atoms with E-state index in [0.29, 0.717) is 10.1 Å². The number of thioether (sulfide) groups is 1. The number of sulfonamides is 1. The van der Waals surface area contributed by atoms with Gasteiger partial charge in [-0.25, -0.2) is 12.8 Å². The Morgan fingerprint density at radius 3 is 2.52 bits per heavy atom. The van der Waals surface area contributed by atoms with Crippen LogP contribution in [-0.2, 0) is 20.6 Å². The number of carbonyl (C=O) groups is 1. The van der Waals surface area contributed by atoms with Gasteiger partial charge >= 0.3 is 0 Å². The molecular formula is C18H17FN4O3S3. The number of halogens is 1. The summed E-state index contributed by atoms with van der Waals surface area (Å²) in [5, 5.41) is 10.7. The summed E-state index contributed by atoms with van der Waals surface area (Å²) in [5.41, 5.74) is 0.932. The molecule has 0 fully saturated rings. The Hall–Kier alpha value is -2.34. The van der Waals surface area contributed by atoms with Crippen molar-refractivity contribution >= 4 is 44.2 Å². The van der Waals surface area contributed by atoms with Gasteiger partial charge in [0.1, 0.15) is 5.82 Å². The number of anilines is 1. The third kappa shape index (κ3) is 6.07. The van der Waals surface area contributed by atoms with Gasteiger partial charge in [-0.3, -0.25) is 10.1 Å². The predicted molar refractivity (Wildman–Crippen MR) is 111 cm³/mol. The Morgan fingerprint density at radius 1 is 1.14 bits per heavy atom. The van der Waals surface area contributed by atoms with Crippen molar-refractivity contribution in [2.75, 3.05) is 5.32 Å². The van der Waals surface area contributed by atoms with Crippen LogP contribution < -0.4 is 10.0 Å². The van der Waals surface area contributed by atoms with Crippen LogP contribution in [0.1, 0.15) is 12.5 Å². The molecule has 0 aliphatic rings. The van der Waals surface area contributed by atoms with Gasteiger partial charge in [0.05, 0.1) is 10.9 Å². The molecule has 0 saturated heterocycles. The Morgan fingerprint density at radius 2 is 1.83 bits per heavy atom. The lowest BCUT2D eigenvalue weighted by atomic mass is 10.2. The van der Waals surface area contributed by atoms with Crippen LogP contribution in [-0.4, -0.2) is 30.6 Å². The average Bonchev–Trinajstić information content (AvgIpc) is 3.15. The zero-order chi connectivity index (χ0) is 20.9. The molecule has 1 aromatic heterocycles. The fourth-order valence-electron chi connectivity index (χ4n) is 2.21. The lowest BCUT2D eigenvalue weighted by Crippen LogP contribution is -2.41. The summed E-state index contributed by atoms with van der Waals surface area (Å²) in [6.07, 6.45) is 0. The predicted octanol–water partition coefficient (Wildman–Crippen LogP) is 3.28. The summed E-state index contributed by atoms with van der Waals surface area (Å²) < 4.78 is 40.5. The number of hydrogen-bond donors (Lipinski definition) is 2. The van der Waals surface area contributed by atoms with Crippen LogP contribution >= 0.6 is 23.1 Å². The van der Waals surface area contributed by atoms with Crippen molar-refractivity contribution < 1.29 is 17.6 Å². The summed E-state index contributed by atoms with van der Waals surface area (Å²) >= 11 is 2.58. The van der Waals surface area contributed by atoms with Crippen LogP contribution in [0.15, 0.2) is 63.8 Å². The maximum atomic E-state index is 12.9. The van der Waals surface area contributed by atoms with E-state index in [1.54, 1.807) is 30.3 Å². The third-order valence-corrected chi connectivity index (χ3v) is 7.29. The minimum atomic E-state index is -3.81. The lowest BCUT2D eigenvalue weighted by Gasteiger charge is -2.13. The molecule has 1 atom stereocenters. The zero-order valence-electron chi connectivity index (χ0n) is 15.2. The van der Waals surface area contributed by atoms with Crippen molar-refractivity contribution in [1.29, 1.82) is 0 Å². The molecule has 11 heteroatoms. The number of nitrogens with zero attached hydrogens (tertiary/aromatic N) is 2. The number of nitrogens with one attached hydrogen (secondary N) is 2. The smallest absolute Gasteiger partial charge is 0.244 e. The molecule has 0 radical (unpaired) electrons. The van der Waals surface area contributed by atoms with Crippen molar-refractivity contribution in [3.63, 3.8) is 0 Å². The van der Waals surface area contributed by atoms with E-state index in [-0.39, 0.29) is 15.8 Å².